The molecule has 3 aliphatic carbocycles. The Hall–Kier alpha value is -1.93. The number of allylic oxidation sites excluding steroid dienone is 3. The molecular weight excluding hydrogens is 260 g/mol. The fourth-order valence-electron chi connectivity index (χ4n) is 3.84. The molecule has 0 radical (unpaired) electrons. The number of aliphatic hydroxyl groups is 1. The number of rotatable bonds is 0. The fourth-order valence-corrected chi connectivity index (χ4v) is 3.84. The zero-order valence-corrected chi connectivity index (χ0v) is 12.1. The molecule has 21 heavy (non-hydrogen) atoms. The number of hydrogen-bond donors (Lipinski definition) is 1. The zero-order valence-electron chi connectivity index (χ0n) is 12.1. The second-order valence-corrected chi connectivity index (χ2v) is 6.42. The third-order valence-electron chi connectivity index (χ3n) is 4.95. The van der Waals surface area contributed by atoms with Crippen LogP contribution in [-0.2, 0) is 10.4 Å². The minimum atomic E-state index is -0.903. The van der Waals surface area contributed by atoms with Crippen LogP contribution in [-0.4, -0.2) is 10.9 Å². The molecule has 0 amide bonds. The summed E-state index contributed by atoms with van der Waals surface area (Å²) in [6.45, 7) is 1.82. The molecule has 4 rings (SSSR count). The van der Waals surface area contributed by atoms with E-state index in [1.165, 1.54) is 16.4 Å². The van der Waals surface area contributed by atoms with Gasteiger partial charge in [-0.25, -0.2) is 0 Å². The van der Waals surface area contributed by atoms with Gasteiger partial charge in [0.05, 0.1) is 0 Å². The van der Waals surface area contributed by atoms with Crippen molar-refractivity contribution in [2.75, 3.05) is 0 Å². The van der Waals surface area contributed by atoms with Crippen LogP contribution in [0, 0.1) is 0 Å². The third kappa shape index (κ3) is 1.86. The van der Waals surface area contributed by atoms with Crippen LogP contribution in [0.3, 0.4) is 0 Å². The van der Waals surface area contributed by atoms with Gasteiger partial charge in [0.2, 0.25) is 0 Å². The van der Waals surface area contributed by atoms with Gasteiger partial charge in [0, 0.05) is 18.8 Å². The van der Waals surface area contributed by atoms with Gasteiger partial charge in [-0.15, -0.1) is 0 Å². The molecule has 1 fully saturated rings. The molecule has 1 aromatic rings. The highest BCUT2D eigenvalue weighted by molar-refractivity contribution is 5.83. The second-order valence-electron chi connectivity index (χ2n) is 6.42. The van der Waals surface area contributed by atoms with Gasteiger partial charge in [0.15, 0.2) is 0 Å². The Kier molecular flexibility index (Phi) is 2.61. The average molecular weight is 278 g/mol. The Morgan fingerprint density at radius 3 is 2.90 bits per heavy atom. The number of carbonyl (C=O) groups excluding carboxylic acids is 1. The summed E-state index contributed by atoms with van der Waals surface area (Å²) in [5, 5.41) is 12.8. The normalized spacial score (nSPS) is 29.5. The molecule has 3 aliphatic rings. The summed E-state index contributed by atoms with van der Waals surface area (Å²) in [4.78, 5) is 11.6. The summed E-state index contributed by atoms with van der Waals surface area (Å²) < 4.78 is 0. The van der Waals surface area contributed by atoms with Crippen molar-refractivity contribution in [3.63, 3.8) is 0 Å². The topological polar surface area (TPSA) is 37.3 Å². The summed E-state index contributed by atoms with van der Waals surface area (Å²) in [7, 11) is 0. The molecule has 2 unspecified atom stereocenters. The number of carbonyl (C=O) groups is 1. The van der Waals surface area contributed by atoms with Crippen molar-refractivity contribution in [2.24, 2.45) is 0 Å². The van der Waals surface area contributed by atoms with E-state index in [2.05, 4.69) is 24.3 Å². The maximum atomic E-state index is 11.6. The molecule has 2 heteroatoms. The quantitative estimate of drug-likeness (QED) is 0.786. The maximum Gasteiger partial charge on any atom is 0.136 e. The van der Waals surface area contributed by atoms with Gasteiger partial charge in [0.1, 0.15) is 11.4 Å². The first kappa shape index (κ1) is 12.8. The van der Waals surface area contributed by atoms with Crippen molar-refractivity contribution in [2.45, 2.75) is 37.7 Å². The molecule has 1 aromatic carbocycles. The van der Waals surface area contributed by atoms with E-state index in [0.717, 1.165) is 17.2 Å². The molecular formula is C19H18O2. The average Bonchev–Trinajstić information content (AvgIpc) is 2.45. The molecule has 106 valence electrons. The molecule has 2 atom stereocenters. The van der Waals surface area contributed by atoms with Gasteiger partial charge in [-0.05, 0) is 41.0 Å². The van der Waals surface area contributed by atoms with Crippen molar-refractivity contribution >= 4 is 17.9 Å². The van der Waals surface area contributed by atoms with Gasteiger partial charge in [-0.3, -0.25) is 4.79 Å². The molecule has 1 N–H and O–H groups in total. The fraction of sp³-hybridized carbons (Fsp3) is 0.316. The van der Waals surface area contributed by atoms with Crippen molar-refractivity contribution in [3.05, 3.63) is 57.5 Å². The summed E-state index contributed by atoms with van der Waals surface area (Å²) in [5.41, 5.74) is 2.61. The molecule has 2 nitrogen and oxygen atoms in total. The van der Waals surface area contributed by atoms with Crippen molar-refractivity contribution < 1.29 is 9.90 Å². The Morgan fingerprint density at radius 1 is 1.19 bits per heavy atom. The van der Waals surface area contributed by atoms with E-state index >= 15 is 0 Å². The highest BCUT2D eigenvalue weighted by atomic mass is 16.3. The molecule has 0 saturated heterocycles. The van der Waals surface area contributed by atoms with E-state index in [4.69, 9.17) is 0 Å². The van der Waals surface area contributed by atoms with E-state index < -0.39 is 5.60 Å². The predicted molar refractivity (Wildman–Crippen MR) is 83.0 cm³/mol. The first-order chi connectivity index (χ1) is 10.1. The van der Waals surface area contributed by atoms with Crippen molar-refractivity contribution in [1.29, 1.82) is 0 Å². The minimum absolute atomic E-state index is 0.352. The Labute approximate surface area is 123 Å². The van der Waals surface area contributed by atoms with Crippen LogP contribution in [0.25, 0.3) is 12.2 Å². The van der Waals surface area contributed by atoms with Gasteiger partial charge in [-0.2, -0.15) is 0 Å². The van der Waals surface area contributed by atoms with Crippen LogP contribution in [0.2, 0.25) is 0 Å². The largest absolute Gasteiger partial charge is 0.381 e. The lowest BCUT2D eigenvalue weighted by molar-refractivity contribution is -0.119. The van der Waals surface area contributed by atoms with Crippen molar-refractivity contribution in [1.82, 2.24) is 0 Å². The molecule has 0 bridgehead atoms. The number of ketones is 1. The summed E-state index contributed by atoms with van der Waals surface area (Å²) in [6.07, 6.45) is 12.3. The lowest BCUT2D eigenvalue weighted by atomic mass is 9.75. The lowest BCUT2D eigenvalue weighted by Gasteiger charge is -2.30. The minimum Gasteiger partial charge on any atom is -0.381 e. The molecule has 0 aromatic heterocycles. The predicted octanol–water partition coefficient (Wildman–Crippen LogP) is 1.80. The van der Waals surface area contributed by atoms with Crippen LogP contribution in [0.5, 0.6) is 0 Å². The van der Waals surface area contributed by atoms with Crippen LogP contribution < -0.4 is 10.4 Å². The maximum absolute atomic E-state index is 11.6. The summed E-state index contributed by atoms with van der Waals surface area (Å²) in [5.74, 6) is 0.724. The van der Waals surface area contributed by atoms with E-state index in [-0.39, 0.29) is 0 Å². The van der Waals surface area contributed by atoms with E-state index in [1.807, 2.05) is 25.1 Å². The Balaban J connectivity index is 1.98. The zero-order chi connectivity index (χ0) is 14.6. The summed E-state index contributed by atoms with van der Waals surface area (Å²) in [6, 6.07) is 4.18. The van der Waals surface area contributed by atoms with Crippen LogP contribution in [0.15, 0.2) is 35.9 Å². The van der Waals surface area contributed by atoms with E-state index in [0.29, 0.717) is 24.5 Å². The number of Topliss-reactive ketones (excluding diaryl/α,β-unsaturated/α-hetero) is 1. The second kappa shape index (κ2) is 4.28. The molecule has 0 spiro atoms. The summed E-state index contributed by atoms with van der Waals surface area (Å²) >= 11 is 0. The molecule has 0 heterocycles. The first-order valence-electron chi connectivity index (χ1n) is 7.54. The van der Waals surface area contributed by atoms with E-state index in [9.17, 15) is 9.90 Å². The smallest absolute Gasteiger partial charge is 0.136 e. The van der Waals surface area contributed by atoms with Crippen LogP contribution in [0.1, 0.15) is 43.2 Å². The number of fused-ring (bicyclic) bond motifs is 5. The highest BCUT2D eigenvalue weighted by Crippen LogP contribution is 2.36. The SMILES string of the molecule is CC1(O)C=CC=c2c1ccc1c2=CC=C2CC(=O)CCC21. The van der Waals surface area contributed by atoms with Crippen LogP contribution in [0.4, 0.5) is 0 Å². The van der Waals surface area contributed by atoms with Crippen molar-refractivity contribution in [3.8, 4) is 0 Å². The van der Waals surface area contributed by atoms with Crippen LogP contribution >= 0.6 is 0 Å². The highest BCUT2D eigenvalue weighted by Gasteiger charge is 2.29. The lowest BCUT2D eigenvalue weighted by Crippen LogP contribution is -2.41. The van der Waals surface area contributed by atoms with Gasteiger partial charge >= 0.3 is 0 Å². The monoisotopic (exact) mass is 278 g/mol. The Morgan fingerprint density at radius 2 is 2.05 bits per heavy atom. The van der Waals surface area contributed by atoms with Gasteiger partial charge in [-0.1, -0.05) is 42.0 Å². The number of benzene rings is 1. The molecule has 1 saturated carbocycles. The Bertz CT molecular complexity index is 822. The standard InChI is InChI=1S/C19H18O2/c1-19(21)10-2-3-17-16-6-4-12-11-13(20)5-7-14(12)15(16)8-9-18(17)19/h2-4,6,8-10,14,21H,5,7,11H2,1H3. The third-order valence-corrected chi connectivity index (χ3v) is 4.95. The first-order valence-corrected chi connectivity index (χ1v) is 7.54. The molecule has 0 aliphatic heterocycles. The van der Waals surface area contributed by atoms with Gasteiger partial charge < -0.3 is 5.11 Å². The van der Waals surface area contributed by atoms with Gasteiger partial charge in [0.25, 0.3) is 0 Å². The number of hydrogen-bond acceptors (Lipinski definition) is 2. The van der Waals surface area contributed by atoms with E-state index in [1.54, 1.807) is 0 Å².